The molecule has 0 aromatic carbocycles. The molecule has 2 aromatic heterocycles. The number of methoxy groups -OCH3 is 1. The van der Waals surface area contributed by atoms with Crippen LogP contribution < -0.4 is 11.3 Å². The van der Waals surface area contributed by atoms with Gasteiger partial charge in [-0.1, -0.05) is 11.2 Å². The molecule has 0 saturated carbocycles. The van der Waals surface area contributed by atoms with Crippen LogP contribution in [0.15, 0.2) is 27.5 Å². The van der Waals surface area contributed by atoms with E-state index in [0.717, 1.165) is 0 Å². The molecular weight excluding hydrogens is 236 g/mol. The SMILES string of the molecule is COCC(C)(N)c1noc(-c2cccc(=O)[nH]2)n1. The second-order valence-corrected chi connectivity index (χ2v) is 4.20. The fourth-order valence-corrected chi connectivity index (χ4v) is 1.50. The number of hydrogen-bond donors (Lipinski definition) is 2. The molecule has 96 valence electrons. The summed E-state index contributed by atoms with van der Waals surface area (Å²) in [4.78, 5) is 17.9. The van der Waals surface area contributed by atoms with Crippen molar-refractivity contribution in [2.75, 3.05) is 13.7 Å². The Morgan fingerprint density at radius 3 is 3.00 bits per heavy atom. The fourth-order valence-electron chi connectivity index (χ4n) is 1.50. The highest BCUT2D eigenvalue weighted by Gasteiger charge is 2.27. The molecule has 1 unspecified atom stereocenters. The molecule has 2 heterocycles. The molecule has 1 atom stereocenters. The Bertz CT molecular complexity index is 588. The summed E-state index contributed by atoms with van der Waals surface area (Å²) in [6.07, 6.45) is 0. The zero-order valence-electron chi connectivity index (χ0n) is 10.1. The van der Waals surface area contributed by atoms with E-state index >= 15 is 0 Å². The van der Waals surface area contributed by atoms with Crippen LogP contribution in [0.5, 0.6) is 0 Å². The Morgan fingerprint density at radius 1 is 1.56 bits per heavy atom. The first-order valence-corrected chi connectivity index (χ1v) is 5.34. The lowest BCUT2D eigenvalue weighted by Gasteiger charge is -2.18. The van der Waals surface area contributed by atoms with E-state index in [1.165, 1.54) is 6.07 Å². The minimum Gasteiger partial charge on any atom is -0.382 e. The van der Waals surface area contributed by atoms with E-state index in [4.69, 9.17) is 15.0 Å². The van der Waals surface area contributed by atoms with Crippen LogP contribution in [0, 0.1) is 0 Å². The number of hydrogen-bond acceptors (Lipinski definition) is 6. The van der Waals surface area contributed by atoms with Crippen molar-refractivity contribution in [1.29, 1.82) is 0 Å². The molecule has 0 aliphatic rings. The molecule has 7 nitrogen and oxygen atoms in total. The topological polar surface area (TPSA) is 107 Å². The summed E-state index contributed by atoms with van der Waals surface area (Å²) in [7, 11) is 1.54. The van der Waals surface area contributed by atoms with E-state index in [9.17, 15) is 4.79 Å². The highest BCUT2D eigenvalue weighted by atomic mass is 16.5. The summed E-state index contributed by atoms with van der Waals surface area (Å²) in [6, 6.07) is 4.68. The van der Waals surface area contributed by atoms with E-state index < -0.39 is 5.54 Å². The Morgan fingerprint density at radius 2 is 2.33 bits per heavy atom. The van der Waals surface area contributed by atoms with Gasteiger partial charge in [-0.2, -0.15) is 4.98 Å². The molecular formula is C11H14N4O3. The van der Waals surface area contributed by atoms with Crippen LogP contribution in [0.2, 0.25) is 0 Å². The highest BCUT2D eigenvalue weighted by Crippen LogP contribution is 2.19. The van der Waals surface area contributed by atoms with Crippen molar-refractivity contribution in [3.8, 4) is 11.6 Å². The smallest absolute Gasteiger partial charge is 0.274 e. The predicted octanol–water partition coefficient (Wildman–Crippen LogP) is 0.245. The van der Waals surface area contributed by atoms with Crippen LogP contribution >= 0.6 is 0 Å². The third-order valence-electron chi connectivity index (χ3n) is 2.38. The maximum Gasteiger partial charge on any atom is 0.274 e. The van der Waals surface area contributed by atoms with Gasteiger partial charge in [0.15, 0.2) is 5.82 Å². The van der Waals surface area contributed by atoms with Gasteiger partial charge in [-0.15, -0.1) is 0 Å². The number of nitrogens with zero attached hydrogens (tertiary/aromatic N) is 2. The molecule has 7 heteroatoms. The van der Waals surface area contributed by atoms with Crippen molar-refractivity contribution >= 4 is 0 Å². The van der Waals surface area contributed by atoms with E-state index in [0.29, 0.717) is 11.5 Å². The summed E-state index contributed by atoms with van der Waals surface area (Å²) >= 11 is 0. The van der Waals surface area contributed by atoms with Crippen LogP contribution in [-0.2, 0) is 10.3 Å². The summed E-state index contributed by atoms with van der Waals surface area (Å²) in [5.41, 5.74) is 5.36. The number of aromatic amines is 1. The zero-order valence-corrected chi connectivity index (χ0v) is 10.1. The lowest BCUT2D eigenvalue weighted by atomic mass is 10.1. The number of aromatic nitrogens is 3. The van der Waals surface area contributed by atoms with Crippen molar-refractivity contribution in [2.24, 2.45) is 5.73 Å². The van der Waals surface area contributed by atoms with Gasteiger partial charge < -0.3 is 20.0 Å². The van der Waals surface area contributed by atoms with Gasteiger partial charge >= 0.3 is 0 Å². The quantitative estimate of drug-likeness (QED) is 0.805. The maximum atomic E-state index is 11.2. The summed E-state index contributed by atoms with van der Waals surface area (Å²) in [6.45, 7) is 2.00. The standard InChI is InChI=1S/C11H14N4O3/c1-11(12,6-17-2)10-14-9(18-15-10)7-4-3-5-8(16)13-7/h3-5H,6,12H2,1-2H3,(H,13,16). The third kappa shape index (κ3) is 2.47. The molecule has 0 amide bonds. The van der Waals surface area contributed by atoms with Gasteiger partial charge in [-0.05, 0) is 13.0 Å². The Kier molecular flexibility index (Phi) is 3.26. The minimum atomic E-state index is -0.842. The molecule has 0 aliphatic carbocycles. The molecule has 0 fully saturated rings. The van der Waals surface area contributed by atoms with Gasteiger partial charge in [0.05, 0.1) is 6.61 Å². The van der Waals surface area contributed by atoms with Crippen molar-refractivity contribution in [1.82, 2.24) is 15.1 Å². The van der Waals surface area contributed by atoms with E-state index in [1.807, 2.05) is 0 Å². The van der Waals surface area contributed by atoms with Gasteiger partial charge in [0.2, 0.25) is 5.56 Å². The van der Waals surface area contributed by atoms with Gasteiger partial charge in [0.25, 0.3) is 5.89 Å². The number of nitrogens with one attached hydrogen (secondary N) is 1. The van der Waals surface area contributed by atoms with Gasteiger partial charge in [-0.25, -0.2) is 0 Å². The van der Waals surface area contributed by atoms with Gasteiger partial charge in [-0.3, -0.25) is 4.79 Å². The summed E-state index contributed by atoms with van der Waals surface area (Å²) in [5.74, 6) is 0.541. The lowest BCUT2D eigenvalue weighted by molar-refractivity contribution is 0.135. The molecule has 2 rings (SSSR count). The largest absolute Gasteiger partial charge is 0.382 e. The van der Waals surface area contributed by atoms with Crippen LogP contribution in [0.3, 0.4) is 0 Å². The Balaban J connectivity index is 2.34. The number of rotatable bonds is 4. The fraction of sp³-hybridized carbons (Fsp3) is 0.364. The zero-order chi connectivity index (χ0) is 13.2. The van der Waals surface area contributed by atoms with Crippen LogP contribution in [0.4, 0.5) is 0 Å². The predicted molar refractivity (Wildman–Crippen MR) is 63.8 cm³/mol. The number of ether oxygens (including phenoxy) is 1. The number of H-pyrrole nitrogens is 1. The first-order valence-electron chi connectivity index (χ1n) is 5.34. The number of pyridine rings is 1. The molecule has 0 aliphatic heterocycles. The molecule has 3 N–H and O–H groups in total. The second-order valence-electron chi connectivity index (χ2n) is 4.20. The first-order chi connectivity index (χ1) is 8.53. The summed E-state index contributed by atoms with van der Waals surface area (Å²) < 4.78 is 10.1. The Labute approximate surface area is 103 Å². The van der Waals surface area contributed by atoms with Gasteiger partial charge in [0.1, 0.15) is 11.2 Å². The molecule has 0 spiro atoms. The molecule has 0 radical (unpaired) electrons. The van der Waals surface area contributed by atoms with Crippen molar-refractivity contribution in [2.45, 2.75) is 12.5 Å². The molecule has 2 aromatic rings. The average molecular weight is 250 g/mol. The Hall–Kier alpha value is -1.99. The van der Waals surface area contributed by atoms with Crippen molar-refractivity contribution < 1.29 is 9.26 Å². The molecule has 0 saturated heterocycles. The normalized spacial score (nSPS) is 14.4. The van der Waals surface area contributed by atoms with E-state index in [-0.39, 0.29) is 18.1 Å². The molecule has 18 heavy (non-hydrogen) atoms. The van der Waals surface area contributed by atoms with Crippen LogP contribution in [0.25, 0.3) is 11.6 Å². The van der Waals surface area contributed by atoms with Crippen molar-refractivity contribution in [3.63, 3.8) is 0 Å². The minimum absolute atomic E-state index is 0.218. The van der Waals surface area contributed by atoms with Crippen LogP contribution in [0.1, 0.15) is 12.7 Å². The van der Waals surface area contributed by atoms with Crippen molar-refractivity contribution in [3.05, 3.63) is 34.4 Å². The number of nitrogens with two attached hydrogens (primary N) is 1. The van der Waals surface area contributed by atoms with E-state index in [1.54, 1.807) is 26.2 Å². The van der Waals surface area contributed by atoms with Gasteiger partial charge in [0, 0.05) is 13.2 Å². The molecule has 0 bridgehead atoms. The maximum absolute atomic E-state index is 11.2. The monoisotopic (exact) mass is 250 g/mol. The average Bonchev–Trinajstić information content (AvgIpc) is 2.78. The second kappa shape index (κ2) is 4.71. The van der Waals surface area contributed by atoms with Crippen LogP contribution in [-0.4, -0.2) is 28.8 Å². The first kappa shape index (κ1) is 12.5. The lowest BCUT2D eigenvalue weighted by Crippen LogP contribution is -2.38. The highest BCUT2D eigenvalue weighted by molar-refractivity contribution is 5.45. The van der Waals surface area contributed by atoms with E-state index in [2.05, 4.69) is 15.1 Å². The third-order valence-corrected chi connectivity index (χ3v) is 2.38. The summed E-state index contributed by atoms with van der Waals surface area (Å²) in [5, 5.41) is 3.80.